The molecule has 0 fully saturated rings. The minimum Gasteiger partial charge on any atom is -0.345 e. The third-order valence-corrected chi connectivity index (χ3v) is 4.77. The van der Waals surface area contributed by atoms with Gasteiger partial charge in [-0.25, -0.2) is 0 Å². The predicted octanol–water partition coefficient (Wildman–Crippen LogP) is 3.29. The van der Waals surface area contributed by atoms with Crippen LogP contribution in [0, 0.1) is 0 Å². The number of thiophene rings is 1. The second-order valence-corrected chi connectivity index (χ2v) is 6.38. The van der Waals surface area contributed by atoms with Crippen LogP contribution in [-0.4, -0.2) is 25.5 Å². The summed E-state index contributed by atoms with van der Waals surface area (Å²) in [6.45, 7) is -0.0664. The summed E-state index contributed by atoms with van der Waals surface area (Å²) in [5.41, 5.74) is -0.142. The highest BCUT2D eigenvalue weighted by Gasteiger charge is 2.31. The number of aromatic nitrogens is 4. The first-order chi connectivity index (χ1) is 12.4. The first-order valence-corrected chi connectivity index (χ1v) is 8.32. The number of carbonyl (C=O) groups is 1. The van der Waals surface area contributed by atoms with Crippen molar-refractivity contribution < 1.29 is 18.0 Å². The zero-order valence-electron chi connectivity index (χ0n) is 13.0. The quantitative estimate of drug-likeness (QED) is 0.595. The summed E-state index contributed by atoms with van der Waals surface area (Å²) in [6.07, 6.45) is -0.441. The van der Waals surface area contributed by atoms with Gasteiger partial charge in [0.15, 0.2) is 11.5 Å². The lowest BCUT2D eigenvalue weighted by Crippen LogP contribution is -2.24. The number of fused-ring (bicyclic) bond motifs is 2. The third-order valence-electron chi connectivity index (χ3n) is 3.81. The van der Waals surface area contributed by atoms with Crippen LogP contribution in [0.25, 0.3) is 15.7 Å². The Balaban J connectivity index is 1.60. The lowest BCUT2D eigenvalue weighted by molar-refractivity contribution is -0.137. The molecule has 0 spiro atoms. The van der Waals surface area contributed by atoms with Crippen molar-refractivity contribution >= 4 is 33.0 Å². The van der Waals surface area contributed by atoms with Crippen LogP contribution in [0.2, 0.25) is 0 Å². The van der Waals surface area contributed by atoms with E-state index in [9.17, 15) is 18.0 Å². The van der Waals surface area contributed by atoms with Gasteiger partial charge in [0.25, 0.3) is 5.91 Å². The fraction of sp³-hybridized carbons (Fsp3) is 0.125. The van der Waals surface area contributed by atoms with E-state index in [2.05, 4.69) is 20.5 Å². The molecule has 4 rings (SSSR count). The standard InChI is InChI=1S/C16H10F3N5OS/c17-16(18,19)10-1-2-12-22-23-13(24(12)8-10)7-21-15(25)11-6-20-5-9-3-4-26-14(9)11/h1-6,8H,7H2,(H,21,25). The van der Waals surface area contributed by atoms with E-state index in [1.807, 2.05) is 11.4 Å². The van der Waals surface area contributed by atoms with Crippen molar-refractivity contribution in [2.45, 2.75) is 12.7 Å². The zero-order valence-corrected chi connectivity index (χ0v) is 13.8. The van der Waals surface area contributed by atoms with Gasteiger partial charge in [-0.2, -0.15) is 13.2 Å². The Morgan fingerprint density at radius 3 is 2.85 bits per heavy atom. The molecular weight excluding hydrogens is 367 g/mol. The Morgan fingerprint density at radius 2 is 2.04 bits per heavy atom. The van der Waals surface area contributed by atoms with Gasteiger partial charge >= 0.3 is 6.18 Å². The van der Waals surface area contributed by atoms with Gasteiger partial charge in [-0.05, 0) is 23.6 Å². The van der Waals surface area contributed by atoms with Crippen molar-refractivity contribution in [3.05, 3.63) is 59.1 Å². The number of amides is 1. The van der Waals surface area contributed by atoms with Crippen LogP contribution in [0.3, 0.4) is 0 Å². The molecular formula is C16H10F3N5OS. The molecule has 4 heterocycles. The molecule has 26 heavy (non-hydrogen) atoms. The van der Waals surface area contributed by atoms with Crippen LogP contribution in [-0.2, 0) is 12.7 Å². The van der Waals surface area contributed by atoms with Gasteiger partial charge in [-0.15, -0.1) is 21.5 Å². The number of pyridine rings is 2. The molecule has 0 aliphatic heterocycles. The monoisotopic (exact) mass is 377 g/mol. The molecule has 1 N–H and O–H groups in total. The Morgan fingerprint density at radius 1 is 1.19 bits per heavy atom. The van der Waals surface area contributed by atoms with E-state index in [0.717, 1.165) is 22.3 Å². The molecule has 0 atom stereocenters. The smallest absolute Gasteiger partial charge is 0.345 e. The van der Waals surface area contributed by atoms with Crippen molar-refractivity contribution in [1.29, 1.82) is 0 Å². The topological polar surface area (TPSA) is 72.2 Å². The van der Waals surface area contributed by atoms with Gasteiger partial charge in [-0.3, -0.25) is 14.2 Å². The van der Waals surface area contributed by atoms with Crippen molar-refractivity contribution in [2.75, 3.05) is 0 Å². The van der Waals surface area contributed by atoms with Gasteiger partial charge in [0.05, 0.1) is 22.4 Å². The Bertz CT molecular complexity index is 1120. The Labute approximate surface area is 148 Å². The van der Waals surface area contributed by atoms with Crippen LogP contribution in [0.1, 0.15) is 21.7 Å². The summed E-state index contributed by atoms with van der Waals surface area (Å²) in [5, 5.41) is 13.0. The van der Waals surface area contributed by atoms with Gasteiger partial charge in [0, 0.05) is 24.0 Å². The van der Waals surface area contributed by atoms with Crippen LogP contribution in [0.15, 0.2) is 42.2 Å². The lowest BCUT2D eigenvalue weighted by atomic mass is 10.2. The summed E-state index contributed by atoms with van der Waals surface area (Å²) in [7, 11) is 0. The maximum atomic E-state index is 12.9. The van der Waals surface area contributed by atoms with Crippen LogP contribution in [0.5, 0.6) is 0 Å². The molecule has 10 heteroatoms. The maximum absolute atomic E-state index is 12.9. The summed E-state index contributed by atoms with van der Waals surface area (Å²) in [5.74, 6) is -0.181. The molecule has 0 bridgehead atoms. The van der Waals surface area contributed by atoms with E-state index in [-0.39, 0.29) is 23.9 Å². The normalized spacial score (nSPS) is 12.0. The van der Waals surface area contributed by atoms with Crippen molar-refractivity contribution in [2.24, 2.45) is 0 Å². The number of alkyl halides is 3. The summed E-state index contributed by atoms with van der Waals surface area (Å²) < 4.78 is 40.6. The molecule has 0 radical (unpaired) electrons. The van der Waals surface area contributed by atoms with E-state index in [1.54, 1.807) is 6.20 Å². The number of hydrogen-bond donors (Lipinski definition) is 1. The highest BCUT2D eigenvalue weighted by atomic mass is 32.1. The SMILES string of the molecule is O=C(NCc1nnc2ccc(C(F)(F)F)cn12)c1cncc2ccsc12. The average Bonchev–Trinajstić information content (AvgIpc) is 3.24. The van der Waals surface area contributed by atoms with Gasteiger partial charge in [0.2, 0.25) is 0 Å². The highest BCUT2D eigenvalue weighted by molar-refractivity contribution is 7.17. The first kappa shape index (κ1) is 16.5. The summed E-state index contributed by atoms with van der Waals surface area (Å²) in [6, 6.07) is 4.03. The zero-order chi connectivity index (χ0) is 18.3. The van der Waals surface area contributed by atoms with Gasteiger partial charge in [0.1, 0.15) is 0 Å². The molecule has 4 aromatic heterocycles. The Hall–Kier alpha value is -3.01. The number of carbonyl (C=O) groups excluding carboxylic acids is 1. The van der Waals surface area contributed by atoms with Crippen LogP contribution < -0.4 is 5.32 Å². The molecule has 0 saturated carbocycles. The number of nitrogens with one attached hydrogen (secondary N) is 1. The fourth-order valence-corrected chi connectivity index (χ4v) is 3.41. The molecule has 4 aromatic rings. The minimum absolute atomic E-state index is 0.0664. The van der Waals surface area contributed by atoms with E-state index < -0.39 is 11.7 Å². The van der Waals surface area contributed by atoms with Crippen LogP contribution in [0.4, 0.5) is 13.2 Å². The van der Waals surface area contributed by atoms with Gasteiger partial charge in [-0.1, -0.05) is 0 Å². The van der Waals surface area contributed by atoms with E-state index >= 15 is 0 Å². The largest absolute Gasteiger partial charge is 0.417 e. The van der Waals surface area contributed by atoms with Crippen molar-refractivity contribution in [3.63, 3.8) is 0 Å². The maximum Gasteiger partial charge on any atom is 0.417 e. The number of halogens is 3. The molecule has 0 saturated heterocycles. The number of nitrogens with zero attached hydrogens (tertiary/aromatic N) is 4. The minimum atomic E-state index is -4.47. The first-order valence-electron chi connectivity index (χ1n) is 7.44. The highest BCUT2D eigenvalue weighted by Crippen LogP contribution is 2.29. The van der Waals surface area contributed by atoms with E-state index in [0.29, 0.717) is 5.56 Å². The molecule has 0 aromatic carbocycles. The predicted molar refractivity (Wildman–Crippen MR) is 88.8 cm³/mol. The second-order valence-electron chi connectivity index (χ2n) is 5.47. The fourth-order valence-electron chi connectivity index (χ4n) is 2.53. The number of hydrogen-bond acceptors (Lipinski definition) is 5. The summed E-state index contributed by atoms with van der Waals surface area (Å²) >= 11 is 1.41. The second kappa shape index (κ2) is 6.06. The molecule has 0 aliphatic rings. The van der Waals surface area contributed by atoms with Gasteiger partial charge < -0.3 is 5.32 Å². The van der Waals surface area contributed by atoms with Crippen molar-refractivity contribution in [1.82, 2.24) is 24.9 Å². The van der Waals surface area contributed by atoms with Crippen molar-refractivity contribution in [3.8, 4) is 0 Å². The molecule has 0 aliphatic carbocycles. The summed E-state index contributed by atoms with van der Waals surface area (Å²) in [4.78, 5) is 16.5. The van der Waals surface area contributed by atoms with E-state index in [1.165, 1.54) is 28.0 Å². The number of rotatable bonds is 3. The van der Waals surface area contributed by atoms with E-state index in [4.69, 9.17) is 0 Å². The third kappa shape index (κ3) is 2.88. The Kier molecular flexibility index (Phi) is 3.83. The average molecular weight is 377 g/mol. The van der Waals surface area contributed by atoms with Crippen LogP contribution >= 0.6 is 11.3 Å². The molecule has 132 valence electrons. The molecule has 6 nitrogen and oxygen atoms in total. The molecule has 0 unspecified atom stereocenters. The lowest BCUT2D eigenvalue weighted by Gasteiger charge is -2.08. The molecule has 1 amide bonds.